The van der Waals surface area contributed by atoms with E-state index in [-0.39, 0.29) is 6.04 Å². The monoisotopic (exact) mass is 257 g/mol. The van der Waals surface area contributed by atoms with Crippen molar-refractivity contribution in [1.82, 2.24) is 4.72 Å². The molecule has 0 aromatic heterocycles. The molecular weight excluding hydrogens is 238 g/mol. The first-order valence-corrected chi connectivity index (χ1v) is 6.86. The van der Waals surface area contributed by atoms with Crippen molar-refractivity contribution in [3.05, 3.63) is 29.8 Å². The molecule has 17 heavy (non-hydrogen) atoms. The van der Waals surface area contributed by atoms with Crippen LogP contribution in [0.4, 0.5) is 5.69 Å². The Hall–Kier alpha value is -1.11. The van der Waals surface area contributed by atoms with Crippen LogP contribution in [0, 0.1) is 0 Å². The molecule has 0 heterocycles. The second-order valence-corrected chi connectivity index (χ2v) is 5.85. The molecule has 0 amide bonds. The third-order valence-corrected chi connectivity index (χ3v) is 3.98. The Labute approximate surface area is 103 Å². The molecule has 0 saturated carbocycles. The van der Waals surface area contributed by atoms with Gasteiger partial charge in [-0.1, -0.05) is 12.1 Å². The van der Waals surface area contributed by atoms with Gasteiger partial charge in [-0.25, -0.2) is 0 Å². The average Bonchev–Trinajstić information content (AvgIpc) is 2.26. The second-order valence-electron chi connectivity index (χ2n) is 4.12. The number of hydrogen-bond acceptors (Lipinski definition) is 3. The first-order valence-electron chi connectivity index (χ1n) is 5.42. The van der Waals surface area contributed by atoms with Crippen LogP contribution < -0.4 is 14.8 Å². The largest absolute Gasteiger partial charge is 0.326 e. The smallest absolute Gasteiger partial charge is 0.301 e. The zero-order valence-electron chi connectivity index (χ0n) is 10.3. The first-order chi connectivity index (χ1) is 7.86. The summed E-state index contributed by atoms with van der Waals surface area (Å²) in [6, 6.07) is 6.97. The molecule has 0 spiro atoms. The molecule has 0 aliphatic heterocycles. The van der Waals surface area contributed by atoms with E-state index in [0.717, 1.165) is 5.56 Å². The number of nitrogens with zero attached hydrogens (tertiary/aromatic N) is 1. The van der Waals surface area contributed by atoms with Crippen LogP contribution >= 0.6 is 0 Å². The number of rotatable bonds is 5. The molecule has 96 valence electrons. The highest BCUT2D eigenvalue weighted by molar-refractivity contribution is 7.90. The highest BCUT2D eigenvalue weighted by Gasteiger charge is 2.18. The van der Waals surface area contributed by atoms with E-state index < -0.39 is 10.2 Å². The lowest BCUT2D eigenvalue weighted by Gasteiger charge is -2.21. The molecule has 0 fully saturated rings. The molecule has 0 aliphatic carbocycles. The van der Waals surface area contributed by atoms with E-state index in [0.29, 0.717) is 12.2 Å². The van der Waals surface area contributed by atoms with Gasteiger partial charge in [-0.05, 0) is 31.5 Å². The Kier molecular flexibility index (Phi) is 4.50. The van der Waals surface area contributed by atoms with Crippen molar-refractivity contribution in [2.45, 2.75) is 26.4 Å². The van der Waals surface area contributed by atoms with Gasteiger partial charge < -0.3 is 5.73 Å². The Morgan fingerprint density at radius 2 is 1.82 bits per heavy atom. The van der Waals surface area contributed by atoms with E-state index in [1.165, 1.54) is 11.4 Å². The van der Waals surface area contributed by atoms with Gasteiger partial charge in [0.1, 0.15) is 0 Å². The average molecular weight is 257 g/mol. The Morgan fingerprint density at radius 1 is 1.29 bits per heavy atom. The fourth-order valence-electron chi connectivity index (χ4n) is 1.36. The third kappa shape index (κ3) is 3.69. The summed E-state index contributed by atoms with van der Waals surface area (Å²) in [5.74, 6) is 0. The molecule has 5 nitrogen and oxygen atoms in total. The van der Waals surface area contributed by atoms with Gasteiger partial charge in [-0.15, -0.1) is 0 Å². The minimum Gasteiger partial charge on any atom is -0.326 e. The standard InChI is InChI=1S/C11H19N3O2S/c1-9(2)13-17(15,16)14(3)11-6-4-10(8-12)5-7-11/h4-7,9,13H,8,12H2,1-3H3. The van der Waals surface area contributed by atoms with E-state index in [1.807, 2.05) is 12.1 Å². The topological polar surface area (TPSA) is 75.4 Å². The van der Waals surface area contributed by atoms with Crippen LogP contribution in [-0.4, -0.2) is 21.5 Å². The lowest BCUT2D eigenvalue weighted by molar-refractivity contribution is 0.568. The molecule has 1 aromatic carbocycles. The molecular formula is C11H19N3O2S. The van der Waals surface area contributed by atoms with Gasteiger partial charge in [0.2, 0.25) is 0 Å². The second kappa shape index (κ2) is 5.48. The summed E-state index contributed by atoms with van der Waals surface area (Å²) in [6.45, 7) is 4.01. The fourth-order valence-corrected chi connectivity index (χ4v) is 2.51. The van der Waals surface area contributed by atoms with Gasteiger partial charge in [0.15, 0.2) is 0 Å². The van der Waals surface area contributed by atoms with Crippen LogP contribution in [0.1, 0.15) is 19.4 Å². The van der Waals surface area contributed by atoms with Crippen LogP contribution in [0.15, 0.2) is 24.3 Å². The van der Waals surface area contributed by atoms with Gasteiger partial charge in [-0.3, -0.25) is 4.31 Å². The van der Waals surface area contributed by atoms with Crippen LogP contribution in [-0.2, 0) is 16.8 Å². The summed E-state index contributed by atoms with van der Waals surface area (Å²) in [5.41, 5.74) is 7.06. The van der Waals surface area contributed by atoms with Crippen molar-refractivity contribution < 1.29 is 8.42 Å². The number of benzene rings is 1. The first kappa shape index (κ1) is 14.0. The SMILES string of the molecule is CC(C)NS(=O)(=O)N(C)c1ccc(CN)cc1. The van der Waals surface area contributed by atoms with Crippen LogP contribution in [0.25, 0.3) is 0 Å². The van der Waals surface area contributed by atoms with Gasteiger partial charge in [0.05, 0.1) is 5.69 Å². The Morgan fingerprint density at radius 3 is 2.24 bits per heavy atom. The van der Waals surface area contributed by atoms with Crippen molar-refractivity contribution >= 4 is 15.9 Å². The van der Waals surface area contributed by atoms with Gasteiger partial charge in [-0.2, -0.15) is 13.1 Å². The zero-order chi connectivity index (χ0) is 13.1. The molecule has 0 atom stereocenters. The van der Waals surface area contributed by atoms with Crippen LogP contribution in [0.3, 0.4) is 0 Å². The summed E-state index contributed by atoms with van der Waals surface area (Å²) >= 11 is 0. The lowest BCUT2D eigenvalue weighted by Crippen LogP contribution is -2.41. The van der Waals surface area contributed by atoms with E-state index in [4.69, 9.17) is 5.73 Å². The van der Waals surface area contributed by atoms with Crippen molar-refractivity contribution in [3.63, 3.8) is 0 Å². The van der Waals surface area contributed by atoms with Crippen molar-refractivity contribution in [2.75, 3.05) is 11.4 Å². The normalized spacial score (nSPS) is 11.8. The quantitative estimate of drug-likeness (QED) is 0.820. The highest BCUT2D eigenvalue weighted by Crippen LogP contribution is 2.16. The van der Waals surface area contributed by atoms with Crippen molar-refractivity contribution in [2.24, 2.45) is 5.73 Å². The molecule has 0 radical (unpaired) electrons. The van der Waals surface area contributed by atoms with Crippen molar-refractivity contribution in [1.29, 1.82) is 0 Å². The Balaban J connectivity index is 2.91. The fraction of sp³-hybridized carbons (Fsp3) is 0.455. The maximum Gasteiger partial charge on any atom is 0.301 e. The van der Waals surface area contributed by atoms with Crippen LogP contribution in [0.5, 0.6) is 0 Å². The maximum atomic E-state index is 11.9. The minimum absolute atomic E-state index is 0.134. The number of nitrogens with two attached hydrogens (primary N) is 1. The summed E-state index contributed by atoms with van der Waals surface area (Å²) < 4.78 is 27.5. The Bertz CT molecular complexity index is 454. The van der Waals surface area contributed by atoms with E-state index in [2.05, 4.69) is 4.72 Å². The zero-order valence-corrected chi connectivity index (χ0v) is 11.2. The minimum atomic E-state index is -3.48. The summed E-state index contributed by atoms with van der Waals surface area (Å²) in [7, 11) is -1.96. The molecule has 0 aliphatic rings. The number of nitrogens with one attached hydrogen (secondary N) is 1. The molecule has 0 saturated heterocycles. The lowest BCUT2D eigenvalue weighted by atomic mass is 10.2. The number of anilines is 1. The van der Waals surface area contributed by atoms with Crippen LogP contribution in [0.2, 0.25) is 0 Å². The summed E-state index contributed by atoms with van der Waals surface area (Å²) in [6.07, 6.45) is 0. The van der Waals surface area contributed by atoms with Gasteiger partial charge >= 0.3 is 10.2 Å². The van der Waals surface area contributed by atoms with E-state index in [1.54, 1.807) is 26.0 Å². The molecule has 1 aromatic rings. The molecule has 0 unspecified atom stereocenters. The van der Waals surface area contributed by atoms with E-state index >= 15 is 0 Å². The molecule has 6 heteroatoms. The predicted molar refractivity (Wildman–Crippen MR) is 69.9 cm³/mol. The molecule has 0 bridgehead atoms. The predicted octanol–water partition coefficient (Wildman–Crippen LogP) is 0.824. The molecule has 3 N–H and O–H groups in total. The molecule has 1 rings (SSSR count). The van der Waals surface area contributed by atoms with Gasteiger partial charge in [0.25, 0.3) is 0 Å². The van der Waals surface area contributed by atoms with Crippen molar-refractivity contribution in [3.8, 4) is 0 Å². The van der Waals surface area contributed by atoms with E-state index in [9.17, 15) is 8.42 Å². The summed E-state index contributed by atoms with van der Waals surface area (Å²) in [4.78, 5) is 0. The highest BCUT2D eigenvalue weighted by atomic mass is 32.2. The maximum absolute atomic E-state index is 11.9. The number of hydrogen-bond donors (Lipinski definition) is 2. The third-order valence-electron chi connectivity index (χ3n) is 2.28. The summed E-state index contributed by atoms with van der Waals surface area (Å²) in [5, 5.41) is 0. The van der Waals surface area contributed by atoms with Gasteiger partial charge in [0, 0.05) is 19.6 Å².